The first-order valence-electron chi connectivity index (χ1n) is 12.4. The van der Waals surface area contributed by atoms with E-state index in [0.717, 1.165) is 44.6 Å². The van der Waals surface area contributed by atoms with E-state index in [2.05, 4.69) is 26.2 Å². The molecule has 1 N–H and O–H groups in total. The number of imide groups is 1. The van der Waals surface area contributed by atoms with E-state index in [-0.39, 0.29) is 5.69 Å². The van der Waals surface area contributed by atoms with Crippen molar-refractivity contribution < 1.29 is 27.6 Å². The van der Waals surface area contributed by atoms with Crippen molar-refractivity contribution in [3.05, 3.63) is 103 Å². The number of thiazole rings is 1. The van der Waals surface area contributed by atoms with Crippen molar-refractivity contribution >= 4 is 68.1 Å². The van der Waals surface area contributed by atoms with Crippen LogP contribution in [0.25, 0.3) is 0 Å². The van der Waals surface area contributed by atoms with Crippen molar-refractivity contribution in [3.8, 4) is 0 Å². The maximum absolute atomic E-state index is 13.8. The van der Waals surface area contributed by atoms with E-state index < -0.39 is 58.0 Å². The van der Waals surface area contributed by atoms with Gasteiger partial charge in [0, 0.05) is 33.3 Å². The van der Waals surface area contributed by atoms with Crippen molar-refractivity contribution in [1.29, 1.82) is 0 Å². The minimum absolute atomic E-state index is 0.0744. The number of carbonyl (C=O) groups excluding carboxylic acids is 3. The molecule has 2 aliphatic heterocycles. The van der Waals surface area contributed by atoms with Gasteiger partial charge in [0.2, 0.25) is 17.7 Å². The van der Waals surface area contributed by atoms with Gasteiger partial charge in [0.05, 0.1) is 22.2 Å². The van der Waals surface area contributed by atoms with Crippen LogP contribution < -0.4 is 15.1 Å². The number of anilines is 2. The Balaban J connectivity index is 1.36. The molecule has 2 aromatic heterocycles. The summed E-state index contributed by atoms with van der Waals surface area (Å²) in [6.07, 6.45) is -1.44. The van der Waals surface area contributed by atoms with Gasteiger partial charge >= 0.3 is 11.0 Å². The molecule has 0 radical (unpaired) electrons. The van der Waals surface area contributed by atoms with Gasteiger partial charge in [-0.2, -0.15) is 13.2 Å². The van der Waals surface area contributed by atoms with E-state index in [4.69, 9.17) is 0 Å². The maximum Gasteiger partial charge on any atom is 0.416 e. The van der Waals surface area contributed by atoms with Crippen LogP contribution in [0, 0.1) is 5.92 Å². The molecule has 3 atom stereocenters. The second kappa shape index (κ2) is 10.8. The highest BCUT2D eigenvalue weighted by atomic mass is 79.9. The van der Waals surface area contributed by atoms with Crippen LogP contribution in [-0.2, 0) is 27.1 Å². The fourth-order valence-electron chi connectivity index (χ4n) is 5.14. The number of carbonyl (C=O) groups is 3. The van der Waals surface area contributed by atoms with Crippen molar-refractivity contribution in [2.24, 2.45) is 5.92 Å². The van der Waals surface area contributed by atoms with Gasteiger partial charge in [-0.15, -0.1) is 0 Å². The molecule has 6 rings (SSSR count). The monoisotopic (exact) mass is 674 g/mol. The number of hydrogen-bond donors (Lipinski definition) is 1. The second-order valence-corrected chi connectivity index (χ2v) is 12.6. The molecule has 0 saturated carbocycles. The SMILES string of the molecule is O=C(Cn1c2c(sc1=O)C(c1cccnc1)C1C(=O)N(c3ccc(Br)cc3)C(=O)C1S2)Nc1cccc(C(F)(F)F)c1. The average molecular weight is 676 g/mol. The minimum atomic E-state index is -4.59. The third-order valence-corrected chi connectivity index (χ3v) is 10.1. The number of hydrogen-bond acceptors (Lipinski definition) is 7. The third kappa shape index (κ3) is 5.07. The van der Waals surface area contributed by atoms with Crippen molar-refractivity contribution in [2.45, 2.75) is 28.9 Å². The van der Waals surface area contributed by atoms with Crippen LogP contribution in [0.3, 0.4) is 0 Å². The van der Waals surface area contributed by atoms with Gasteiger partial charge in [-0.3, -0.25) is 28.7 Å². The van der Waals surface area contributed by atoms with Crippen molar-refractivity contribution in [3.63, 3.8) is 0 Å². The number of fused-ring (bicyclic) bond motifs is 2. The first-order valence-corrected chi connectivity index (χ1v) is 14.9. The van der Waals surface area contributed by atoms with Crippen molar-refractivity contribution in [1.82, 2.24) is 9.55 Å². The maximum atomic E-state index is 13.8. The zero-order valence-corrected chi connectivity index (χ0v) is 24.4. The molecule has 214 valence electrons. The molecule has 3 unspecified atom stereocenters. The number of nitrogens with zero attached hydrogens (tertiary/aromatic N) is 3. The highest BCUT2D eigenvalue weighted by Crippen LogP contribution is 2.53. The lowest BCUT2D eigenvalue weighted by molar-refractivity contribution is -0.137. The predicted molar refractivity (Wildman–Crippen MR) is 155 cm³/mol. The number of alkyl halides is 3. The van der Waals surface area contributed by atoms with E-state index in [1.54, 1.807) is 48.8 Å². The number of aromatic nitrogens is 2. The lowest BCUT2D eigenvalue weighted by Crippen LogP contribution is -2.33. The Morgan fingerprint density at radius 3 is 2.48 bits per heavy atom. The molecule has 1 fully saturated rings. The zero-order chi connectivity index (χ0) is 29.8. The summed E-state index contributed by atoms with van der Waals surface area (Å²) in [7, 11) is 0. The molecule has 8 nitrogen and oxygen atoms in total. The molecule has 3 amide bonds. The second-order valence-electron chi connectivity index (χ2n) is 9.57. The number of benzene rings is 2. The molecule has 2 aromatic carbocycles. The number of rotatable bonds is 5. The fraction of sp³-hybridized carbons (Fsp3) is 0.179. The smallest absolute Gasteiger partial charge is 0.325 e. The molecule has 4 aromatic rings. The topological polar surface area (TPSA) is 101 Å². The molecule has 4 heterocycles. The summed E-state index contributed by atoms with van der Waals surface area (Å²) in [5, 5.41) is 1.89. The minimum Gasteiger partial charge on any atom is -0.325 e. The summed E-state index contributed by atoms with van der Waals surface area (Å²) >= 11 is 5.26. The van der Waals surface area contributed by atoms with Crippen LogP contribution in [0.15, 0.2) is 87.4 Å². The van der Waals surface area contributed by atoms with E-state index in [9.17, 15) is 32.3 Å². The van der Waals surface area contributed by atoms with Gasteiger partial charge in [-0.25, -0.2) is 4.90 Å². The summed E-state index contributed by atoms with van der Waals surface area (Å²) in [6.45, 7) is -0.496. The van der Waals surface area contributed by atoms with Gasteiger partial charge in [-0.05, 0) is 54.1 Å². The predicted octanol–water partition coefficient (Wildman–Crippen LogP) is 5.52. The first kappa shape index (κ1) is 28.4. The number of thioether (sulfide) groups is 1. The fourth-order valence-corrected chi connectivity index (χ4v) is 8.17. The highest BCUT2D eigenvalue weighted by molar-refractivity contribution is 9.10. The van der Waals surface area contributed by atoms with Gasteiger partial charge in [-0.1, -0.05) is 51.2 Å². The Bertz CT molecular complexity index is 1780. The molecular weight excluding hydrogens is 657 g/mol. The molecule has 1 saturated heterocycles. The summed E-state index contributed by atoms with van der Waals surface area (Å²) < 4.78 is 41.4. The number of nitrogens with one attached hydrogen (secondary N) is 1. The number of halogens is 4. The third-order valence-electron chi connectivity index (χ3n) is 6.95. The molecule has 14 heteroatoms. The summed E-state index contributed by atoms with van der Waals surface area (Å²) in [5.41, 5.74) is 0.0460. The normalized spacial score (nSPS) is 19.9. The van der Waals surface area contributed by atoms with E-state index in [1.807, 2.05) is 0 Å². The van der Waals surface area contributed by atoms with E-state index in [0.29, 0.717) is 21.2 Å². The summed E-state index contributed by atoms with van der Waals surface area (Å²) in [6, 6.07) is 14.4. The van der Waals surface area contributed by atoms with E-state index in [1.165, 1.54) is 16.7 Å². The quantitative estimate of drug-likeness (QED) is 0.280. The van der Waals surface area contributed by atoms with Crippen LogP contribution in [0.5, 0.6) is 0 Å². The Kier molecular flexibility index (Phi) is 7.31. The molecule has 0 spiro atoms. The van der Waals surface area contributed by atoms with Gasteiger partial charge in [0.1, 0.15) is 11.8 Å². The molecule has 2 aliphatic rings. The lowest BCUT2D eigenvalue weighted by Gasteiger charge is -2.30. The summed E-state index contributed by atoms with van der Waals surface area (Å²) in [4.78, 5) is 59.0. The molecule has 0 aliphatic carbocycles. The lowest BCUT2D eigenvalue weighted by atomic mass is 9.84. The Morgan fingerprint density at radius 2 is 1.79 bits per heavy atom. The van der Waals surface area contributed by atoms with Crippen LogP contribution in [-0.4, -0.2) is 32.5 Å². The van der Waals surface area contributed by atoms with Crippen LogP contribution in [0.1, 0.15) is 21.9 Å². The molecule has 0 bridgehead atoms. The number of pyridine rings is 1. The summed E-state index contributed by atoms with van der Waals surface area (Å²) in [5.74, 6) is -3.08. The van der Waals surface area contributed by atoms with Gasteiger partial charge in [0.25, 0.3) is 0 Å². The average Bonchev–Trinajstić information content (AvgIpc) is 3.40. The van der Waals surface area contributed by atoms with Crippen molar-refractivity contribution in [2.75, 3.05) is 10.2 Å². The van der Waals surface area contributed by atoms with Crippen LogP contribution >= 0.6 is 39.0 Å². The Hall–Kier alpha value is -3.75. The first-order chi connectivity index (χ1) is 20.0. The van der Waals surface area contributed by atoms with Crippen LogP contribution in [0.4, 0.5) is 24.5 Å². The van der Waals surface area contributed by atoms with Crippen LogP contribution in [0.2, 0.25) is 0 Å². The molecule has 42 heavy (non-hydrogen) atoms. The largest absolute Gasteiger partial charge is 0.416 e. The number of amides is 3. The molecular formula is C28H18BrF3N4O4S2. The Labute approximate surface area is 252 Å². The Morgan fingerprint density at radius 1 is 1.02 bits per heavy atom. The zero-order valence-electron chi connectivity index (χ0n) is 21.2. The standard InChI is InChI=1S/C28H18BrF3N4O4S2/c29-16-6-8-18(9-7-16)36-24(38)21-20(14-3-2-10-33-12-14)23-26(41-22(21)25(36)39)35(27(40)42-23)13-19(37)34-17-5-1-4-15(11-17)28(30,31)32/h1-12,20-22H,13H2,(H,34,37). The van der Waals surface area contributed by atoms with Gasteiger partial charge < -0.3 is 5.32 Å². The van der Waals surface area contributed by atoms with E-state index >= 15 is 0 Å². The van der Waals surface area contributed by atoms with Gasteiger partial charge in [0.15, 0.2) is 0 Å². The highest BCUT2D eigenvalue weighted by Gasteiger charge is 2.56.